The largest absolute Gasteiger partial charge is 0.378 e. The topological polar surface area (TPSA) is 93.0 Å². The molecule has 0 aliphatic heterocycles. The lowest BCUT2D eigenvalue weighted by Gasteiger charge is -2.57. The number of anilines is 1. The van der Waals surface area contributed by atoms with Crippen LogP contribution in [0.5, 0.6) is 0 Å². The lowest BCUT2D eigenvalue weighted by molar-refractivity contribution is -0.166. The molecule has 6 heteroatoms. The van der Waals surface area contributed by atoms with Gasteiger partial charge in [-0.3, -0.25) is 10.1 Å². The normalized spacial score (nSPS) is 29.7. The second-order valence-electron chi connectivity index (χ2n) is 5.23. The van der Waals surface area contributed by atoms with Crippen LogP contribution in [0.1, 0.15) is 27.2 Å². The molecule has 1 aliphatic rings. The molecule has 0 spiro atoms. The SMILES string of the molecule is CCOC1CC(N)(C(=O)Nc2ncc[nH]2)C1(C)C. The summed E-state index contributed by atoms with van der Waals surface area (Å²) >= 11 is 0. The number of aromatic nitrogens is 2. The van der Waals surface area contributed by atoms with Crippen molar-refractivity contribution in [1.82, 2.24) is 9.97 Å². The smallest absolute Gasteiger partial charge is 0.247 e. The molecule has 2 rings (SSSR count). The first-order valence-corrected chi connectivity index (χ1v) is 6.13. The second-order valence-corrected chi connectivity index (χ2v) is 5.23. The van der Waals surface area contributed by atoms with E-state index in [1.807, 2.05) is 20.8 Å². The first kappa shape index (κ1) is 13.0. The summed E-state index contributed by atoms with van der Waals surface area (Å²) in [7, 11) is 0. The number of nitrogens with one attached hydrogen (secondary N) is 2. The van der Waals surface area contributed by atoms with E-state index in [0.29, 0.717) is 19.0 Å². The molecule has 1 heterocycles. The summed E-state index contributed by atoms with van der Waals surface area (Å²) < 4.78 is 5.59. The molecule has 1 amide bonds. The molecule has 6 nitrogen and oxygen atoms in total. The fourth-order valence-corrected chi connectivity index (χ4v) is 2.37. The minimum atomic E-state index is -0.917. The number of amides is 1. The number of carbonyl (C=O) groups is 1. The van der Waals surface area contributed by atoms with E-state index >= 15 is 0 Å². The third-order valence-corrected chi connectivity index (χ3v) is 3.97. The van der Waals surface area contributed by atoms with Crippen LogP contribution in [0.2, 0.25) is 0 Å². The van der Waals surface area contributed by atoms with Crippen molar-refractivity contribution < 1.29 is 9.53 Å². The van der Waals surface area contributed by atoms with Gasteiger partial charge in [0.2, 0.25) is 11.9 Å². The lowest BCUT2D eigenvalue weighted by atomic mass is 9.54. The molecular formula is C12H20N4O2. The maximum Gasteiger partial charge on any atom is 0.247 e. The Morgan fingerprint density at radius 3 is 2.94 bits per heavy atom. The summed E-state index contributed by atoms with van der Waals surface area (Å²) in [5.41, 5.74) is 4.92. The van der Waals surface area contributed by atoms with E-state index < -0.39 is 5.54 Å². The first-order chi connectivity index (χ1) is 8.41. The van der Waals surface area contributed by atoms with Gasteiger partial charge in [0.25, 0.3) is 0 Å². The van der Waals surface area contributed by atoms with E-state index in [2.05, 4.69) is 15.3 Å². The molecule has 1 aromatic heterocycles. The number of nitrogens with two attached hydrogens (primary N) is 1. The average Bonchev–Trinajstić information content (AvgIpc) is 2.81. The monoisotopic (exact) mass is 252 g/mol. The molecule has 100 valence electrons. The van der Waals surface area contributed by atoms with E-state index in [1.165, 1.54) is 0 Å². The van der Waals surface area contributed by atoms with Gasteiger partial charge in [0, 0.05) is 30.8 Å². The highest BCUT2D eigenvalue weighted by Crippen LogP contribution is 2.50. The summed E-state index contributed by atoms with van der Waals surface area (Å²) in [6.07, 6.45) is 3.77. The molecule has 1 saturated carbocycles. The van der Waals surface area contributed by atoms with Gasteiger partial charge < -0.3 is 15.5 Å². The number of carbonyl (C=O) groups excluding carboxylic acids is 1. The van der Waals surface area contributed by atoms with E-state index in [1.54, 1.807) is 12.4 Å². The first-order valence-electron chi connectivity index (χ1n) is 6.13. The van der Waals surface area contributed by atoms with Gasteiger partial charge in [-0.25, -0.2) is 4.98 Å². The molecule has 0 saturated heterocycles. The van der Waals surface area contributed by atoms with Gasteiger partial charge in [-0.05, 0) is 6.92 Å². The molecular weight excluding hydrogens is 232 g/mol. The molecule has 18 heavy (non-hydrogen) atoms. The second kappa shape index (κ2) is 4.37. The van der Waals surface area contributed by atoms with Crippen molar-refractivity contribution in [2.45, 2.75) is 38.8 Å². The van der Waals surface area contributed by atoms with Crippen LogP contribution in [0.3, 0.4) is 0 Å². The molecule has 1 fully saturated rings. The van der Waals surface area contributed by atoms with Crippen molar-refractivity contribution in [2.75, 3.05) is 11.9 Å². The van der Waals surface area contributed by atoms with E-state index in [-0.39, 0.29) is 17.4 Å². The maximum absolute atomic E-state index is 12.2. The number of aromatic amines is 1. The maximum atomic E-state index is 12.2. The van der Waals surface area contributed by atoms with Crippen molar-refractivity contribution in [2.24, 2.45) is 11.1 Å². The van der Waals surface area contributed by atoms with Gasteiger partial charge in [0.1, 0.15) is 5.54 Å². The van der Waals surface area contributed by atoms with E-state index in [4.69, 9.17) is 10.5 Å². The fraction of sp³-hybridized carbons (Fsp3) is 0.667. The molecule has 2 unspecified atom stereocenters. The number of H-pyrrole nitrogens is 1. The lowest BCUT2D eigenvalue weighted by Crippen LogP contribution is -2.74. The van der Waals surface area contributed by atoms with Crippen LogP contribution >= 0.6 is 0 Å². The number of nitrogens with zero attached hydrogens (tertiary/aromatic N) is 1. The average molecular weight is 252 g/mol. The van der Waals surface area contributed by atoms with E-state index in [9.17, 15) is 4.79 Å². The Morgan fingerprint density at radius 2 is 2.44 bits per heavy atom. The summed E-state index contributed by atoms with van der Waals surface area (Å²) in [5.74, 6) is 0.193. The van der Waals surface area contributed by atoms with Gasteiger partial charge in [0.05, 0.1) is 6.10 Å². The zero-order valence-electron chi connectivity index (χ0n) is 11.0. The van der Waals surface area contributed by atoms with Crippen LogP contribution < -0.4 is 11.1 Å². The minimum Gasteiger partial charge on any atom is -0.378 e. The Balaban J connectivity index is 2.06. The Labute approximate surface area is 106 Å². The Bertz CT molecular complexity index is 429. The van der Waals surface area contributed by atoms with Crippen LogP contribution in [0.15, 0.2) is 12.4 Å². The van der Waals surface area contributed by atoms with Crippen molar-refractivity contribution in [1.29, 1.82) is 0 Å². The third-order valence-electron chi connectivity index (χ3n) is 3.97. The number of rotatable bonds is 4. The van der Waals surface area contributed by atoms with Crippen LogP contribution in [-0.2, 0) is 9.53 Å². The number of hydrogen-bond acceptors (Lipinski definition) is 4. The van der Waals surface area contributed by atoms with Crippen molar-refractivity contribution in [3.05, 3.63) is 12.4 Å². The number of imidazole rings is 1. The highest BCUT2D eigenvalue weighted by atomic mass is 16.5. The minimum absolute atomic E-state index is 0.0230. The Kier molecular flexibility index (Phi) is 3.16. The summed E-state index contributed by atoms with van der Waals surface area (Å²) in [4.78, 5) is 19.0. The van der Waals surface area contributed by atoms with Gasteiger partial charge in [-0.1, -0.05) is 13.8 Å². The van der Waals surface area contributed by atoms with Gasteiger partial charge in [-0.2, -0.15) is 0 Å². The van der Waals surface area contributed by atoms with Gasteiger partial charge >= 0.3 is 0 Å². The van der Waals surface area contributed by atoms with E-state index in [0.717, 1.165) is 0 Å². The summed E-state index contributed by atoms with van der Waals surface area (Å²) in [6, 6.07) is 0. The standard InChI is InChI=1S/C12H20N4O2/c1-4-18-8-7-12(13,11(8,2)3)9(17)16-10-14-5-6-15-10/h5-6,8H,4,7,13H2,1-3H3,(H2,14,15,16,17). The van der Waals surface area contributed by atoms with Crippen molar-refractivity contribution in [3.8, 4) is 0 Å². The molecule has 0 aromatic carbocycles. The molecule has 4 N–H and O–H groups in total. The van der Waals surface area contributed by atoms with Crippen LogP contribution in [-0.4, -0.2) is 34.1 Å². The van der Waals surface area contributed by atoms with Crippen LogP contribution in [0.25, 0.3) is 0 Å². The molecule has 2 atom stereocenters. The van der Waals surface area contributed by atoms with Gasteiger partial charge in [-0.15, -0.1) is 0 Å². The van der Waals surface area contributed by atoms with Crippen LogP contribution in [0.4, 0.5) is 5.95 Å². The third kappa shape index (κ3) is 1.81. The summed E-state index contributed by atoms with van der Waals surface area (Å²) in [6.45, 7) is 6.48. The van der Waals surface area contributed by atoms with Crippen molar-refractivity contribution in [3.63, 3.8) is 0 Å². The molecule has 0 radical (unpaired) electrons. The fourth-order valence-electron chi connectivity index (χ4n) is 2.37. The highest BCUT2D eigenvalue weighted by Gasteiger charge is 2.62. The van der Waals surface area contributed by atoms with Crippen molar-refractivity contribution >= 4 is 11.9 Å². The highest BCUT2D eigenvalue weighted by molar-refractivity contribution is 5.98. The zero-order chi connectivity index (χ0) is 13.4. The predicted octanol–water partition coefficient (Wildman–Crippen LogP) is 0.881. The molecule has 1 aliphatic carbocycles. The number of hydrogen-bond donors (Lipinski definition) is 3. The zero-order valence-corrected chi connectivity index (χ0v) is 11.0. The number of ether oxygens (including phenoxy) is 1. The predicted molar refractivity (Wildman–Crippen MR) is 67.9 cm³/mol. The van der Waals surface area contributed by atoms with Gasteiger partial charge in [0.15, 0.2) is 0 Å². The Hall–Kier alpha value is -1.40. The summed E-state index contributed by atoms with van der Waals surface area (Å²) in [5, 5.41) is 2.70. The molecule has 1 aromatic rings. The van der Waals surface area contributed by atoms with Crippen LogP contribution in [0, 0.1) is 5.41 Å². The molecule has 0 bridgehead atoms. The quantitative estimate of drug-likeness (QED) is 0.741. The Morgan fingerprint density at radius 1 is 1.72 bits per heavy atom.